The maximum absolute atomic E-state index is 13.4. The number of Topliss-reactive ketones (excluding diaryl/α,β-unsaturated/α-hetero) is 1. The van der Waals surface area contributed by atoms with Crippen LogP contribution in [0.15, 0.2) is 54.7 Å². The summed E-state index contributed by atoms with van der Waals surface area (Å²) in [5, 5.41) is 0.914. The van der Waals surface area contributed by atoms with Crippen molar-refractivity contribution in [3.63, 3.8) is 0 Å². The lowest BCUT2D eigenvalue weighted by Gasteiger charge is -2.23. The summed E-state index contributed by atoms with van der Waals surface area (Å²) in [5.74, 6) is -0.0264. The molecule has 5 nitrogen and oxygen atoms in total. The third-order valence-electron chi connectivity index (χ3n) is 5.81. The van der Waals surface area contributed by atoms with Crippen molar-refractivity contribution >= 4 is 22.8 Å². The first-order valence-corrected chi connectivity index (χ1v) is 10.5. The lowest BCUT2D eigenvalue weighted by Crippen LogP contribution is -2.40. The van der Waals surface area contributed by atoms with Gasteiger partial charge in [0.25, 0.3) is 0 Å². The molecular weight excluding hydrogens is 376 g/mol. The molecule has 4 rings (SSSR count). The number of ether oxygens (including phenoxy) is 1. The smallest absolute Gasteiger partial charge is 0.410 e. The molecule has 3 aromatic rings. The maximum Gasteiger partial charge on any atom is 0.410 e. The highest BCUT2D eigenvalue weighted by Gasteiger charge is 2.36. The number of likely N-dealkylation sites (tertiary alicyclic amines) is 1. The van der Waals surface area contributed by atoms with Gasteiger partial charge in [-0.3, -0.25) is 9.69 Å². The van der Waals surface area contributed by atoms with Gasteiger partial charge < -0.3 is 9.72 Å². The van der Waals surface area contributed by atoms with E-state index in [1.54, 1.807) is 11.1 Å². The number of ketones is 1. The van der Waals surface area contributed by atoms with Gasteiger partial charge in [-0.05, 0) is 41.5 Å². The van der Waals surface area contributed by atoms with E-state index >= 15 is 0 Å². The molecule has 2 heterocycles. The number of nitrogens with one attached hydrogen (secondary N) is 1. The fourth-order valence-corrected chi connectivity index (χ4v) is 4.03. The zero-order valence-electron chi connectivity index (χ0n) is 17.8. The molecule has 1 atom stereocenters. The van der Waals surface area contributed by atoms with Crippen molar-refractivity contribution in [1.29, 1.82) is 0 Å². The molecule has 5 heteroatoms. The van der Waals surface area contributed by atoms with E-state index in [-0.39, 0.29) is 17.8 Å². The lowest BCUT2D eigenvalue weighted by molar-refractivity contribution is 0.0739. The normalized spacial score (nSPS) is 16.8. The van der Waals surface area contributed by atoms with Gasteiger partial charge >= 0.3 is 6.09 Å². The monoisotopic (exact) mass is 404 g/mol. The molecule has 1 fully saturated rings. The molecule has 1 aliphatic rings. The van der Waals surface area contributed by atoms with Crippen LogP contribution in [0.3, 0.4) is 0 Å². The van der Waals surface area contributed by atoms with Gasteiger partial charge in [0.15, 0.2) is 5.78 Å². The van der Waals surface area contributed by atoms with Crippen molar-refractivity contribution in [1.82, 2.24) is 9.88 Å². The Morgan fingerprint density at radius 3 is 2.63 bits per heavy atom. The lowest BCUT2D eigenvalue weighted by atomic mass is 9.86. The highest BCUT2D eigenvalue weighted by Crippen LogP contribution is 2.30. The number of nitrogens with zero attached hydrogens (tertiary/aromatic N) is 1. The minimum atomic E-state index is -0.481. The van der Waals surface area contributed by atoms with Crippen LogP contribution < -0.4 is 0 Å². The molecule has 0 radical (unpaired) electrons. The van der Waals surface area contributed by atoms with E-state index in [1.807, 2.05) is 36.4 Å². The summed E-state index contributed by atoms with van der Waals surface area (Å²) >= 11 is 0. The van der Waals surface area contributed by atoms with Crippen molar-refractivity contribution in [3.05, 3.63) is 71.4 Å². The van der Waals surface area contributed by atoms with Crippen molar-refractivity contribution in [3.8, 4) is 0 Å². The fraction of sp³-hybridized carbons (Fsp3) is 0.360. The topological polar surface area (TPSA) is 62.4 Å². The molecule has 1 saturated heterocycles. The minimum absolute atomic E-state index is 0.00752. The summed E-state index contributed by atoms with van der Waals surface area (Å²) in [6.45, 7) is 7.22. The molecule has 0 aliphatic carbocycles. The quantitative estimate of drug-likeness (QED) is 0.588. The predicted octanol–water partition coefficient (Wildman–Crippen LogP) is 5.45. The van der Waals surface area contributed by atoms with Gasteiger partial charge in [-0.25, -0.2) is 4.79 Å². The van der Waals surface area contributed by atoms with Gasteiger partial charge in [0.1, 0.15) is 6.61 Å². The summed E-state index contributed by atoms with van der Waals surface area (Å²) in [7, 11) is 0. The van der Waals surface area contributed by atoms with E-state index in [9.17, 15) is 9.59 Å². The van der Waals surface area contributed by atoms with Crippen molar-refractivity contribution in [2.24, 2.45) is 0 Å². The SMILES string of the molecule is CC(C)(C)c1ccc2[nH]cc(C(=O)[C@H]3CCCN3C(=O)OCc3ccccc3)c2c1. The zero-order chi connectivity index (χ0) is 21.3. The van der Waals surface area contributed by atoms with Gasteiger partial charge in [-0.2, -0.15) is 0 Å². The van der Waals surface area contributed by atoms with Crippen molar-refractivity contribution in [2.75, 3.05) is 6.54 Å². The Kier molecular flexibility index (Phi) is 5.37. The Labute approximate surface area is 177 Å². The van der Waals surface area contributed by atoms with E-state index in [1.165, 1.54) is 5.56 Å². The van der Waals surface area contributed by atoms with Crippen LogP contribution in [-0.2, 0) is 16.8 Å². The van der Waals surface area contributed by atoms with Gasteiger partial charge in [0, 0.05) is 29.2 Å². The van der Waals surface area contributed by atoms with Crippen LogP contribution >= 0.6 is 0 Å². The number of carbonyl (C=O) groups is 2. The van der Waals surface area contributed by atoms with Gasteiger partial charge in [-0.1, -0.05) is 57.2 Å². The first-order chi connectivity index (χ1) is 14.3. The average molecular weight is 405 g/mol. The number of carbonyl (C=O) groups excluding carboxylic acids is 2. The molecule has 30 heavy (non-hydrogen) atoms. The number of amides is 1. The first-order valence-electron chi connectivity index (χ1n) is 10.5. The number of hydrogen-bond donors (Lipinski definition) is 1. The number of aromatic nitrogens is 1. The van der Waals surface area contributed by atoms with Gasteiger partial charge in [0.2, 0.25) is 0 Å². The molecular formula is C25H28N2O3. The van der Waals surface area contributed by atoms with Crippen LogP contribution in [0.1, 0.15) is 55.1 Å². The van der Waals surface area contributed by atoms with Crippen LogP contribution in [0.2, 0.25) is 0 Å². The molecule has 156 valence electrons. The highest BCUT2D eigenvalue weighted by molar-refractivity contribution is 6.11. The second kappa shape index (κ2) is 7.98. The van der Waals surface area contributed by atoms with Gasteiger partial charge in [0.05, 0.1) is 6.04 Å². The maximum atomic E-state index is 13.4. The molecule has 0 saturated carbocycles. The van der Waals surface area contributed by atoms with E-state index in [4.69, 9.17) is 4.74 Å². The summed E-state index contributed by atoms with van der Waals surface area (Å²) < 4.78 is 5.49. The Morgan fingerprint density at radius 2 is 1.90 bits per heavy atom. The Hall–Kier alpha value is -3.08. The largest absolute Gasteiger partial charge is 0.445 e. The Balaban J connectivity index is 1.54. The van der Waals surface area contributed by atoms with E-state index in [0.29, 0.717) is 18.5 Å². The van der Waals surface area contributed by atoms with Crippen molar-refractivity contribution < 1.29 is 14.3 Å². The Bertz CT molecular complexity index is 1060. The number of benzene rings is 2. The first kappa shape index (κ1) is 20.2. The molecule has 0 unspecified atom stereocenters. The Morgan fingerprint density at radius 1 is 1.13 bits per heavy atom. The number of H-pyrrole nitrogens is 1. The average Bonchev–Trinajstić information content (AvgIpc) is 3.38. The molecule has 2 aromatic carbocycles. The molecule has 1 aromatic heterocycles. The van der Waals surface area contributed by atoms with E-state index in [2.05, 4.69) is 37.9 Å². The van der Waals surface area contributed by atoms with Crippen LogP contribution in [0.4, 0.5) is 4.79 Å². The standard InChI is InChI=1S/C25H28N2O3/c1-25(2,3)18-11-12-21-19(14-18)20(15-26-21)23(28)22-10-7-13-27(22)24(29)30-16-17-8-5-4-6-9-17/h4-6,8-9,11-12,14-15,22,26H,7,10,13,16H2,1-3H3/t22-/m1/s1. The van der Waals surface area contributed by atoms with Gasteiger partial charge in [-0.15, -0.1) is 0 Å². The molecule has 1 amide bonds. The van der Waals surface area contributed by atoms with Crippen LogP contribution in [0.5, 0.6) is 0 Å². The molecule has 1 aliphatic heterocycles. The second-order valence-corrected chi connectivity index (χ2v) is 8.97. The summed E-state index contributed by atoms with van der Waals surface area (Å²) in [4.78, 5) is 30.9. The summed E-state index contributed by atoms with van der Waals surface area (Å²) in [6, 6.07) is 15.3. The zero-order valence-corrected chi connectivity index (χ0v) is 17.8. The summed E-state index contributed by atoms with van der Waals surface area (Å²) in [6.07, 6.45) is 2.80. The third kappa shape index (κ3) is 3.97. The van der Waals surface area contributed by atoms with Crippen LogP contribution in [-0.4, -0.2) is 34.3 Å². The van der Waals surface area contributed by atoms with Crippen molar-refractivity contribution in [2.45, 2.75) is 51.7 Å². The van der Waals surface area contributed by atoms with Crippen LogP contribution in [0, 0.1) is 0 Å². The van der Waals surface area contributed by atoms with E-state index < -0.39 is 12.1 Å². The summed E-state index contributed by atoms with van der Waals surface area (Å²) in [5.41, 5.74) is 3.67. The number of aromatic amines is 1. The van der Waals surface area contributed by atoms with Crippen LogP contribution in [0.25, 0.3) is 10.9 Å². The fourth-order valence-electron chi connectivity index (χ4n) is 4.03. The molecule has 0 bridgehead atoms. The number of fused-ring (bicyclic) bond motifs is 1. The van der Waals surface area contributed by atoms with E-state index in [0.717, 1.165) is 22.9 Å². The number of rotatable bonds is 4. The molecule has 1 N–H and O–H groups in total. The molecule has 0 spiro atoms. The second-order valence-electron chi connectivity index (χ2n) is 8.97. The third-order valence-corrected chi connectivity index (χ3v) is 5.81. The predicted molar refractivity (Wildman–Crippen MR) is 118 cm³/mol. The minimum Gasteiger partial charge on any atom is -0.445 e. The number of hydrogen-bond acceptors (Lipinski definition) is 3. The highest BCUT2D eigenvalue weighted by atomic mass is 16.6.